The number of anilines is 1. The van der Waals surface area contributed by atoms with Crippen LogP contribution in [0.1, 0.15) is 27.7 Å². The molecule has 30 heavy (non-hydrogen) atoms. The highest BCUT2D eigenvalue weighted by Gasteiger charge is 2.33. The highest BCUT2D eigenvalue weighted by atomic mass is 35.5. The van der Waals surface area contributed by atoms with Gasteiger partial charge in [-0.1, -0.05) is 41.9 Å². The zero-order chi connectivity index (χ0) is 20.7. The average molecular weight is 434 g/mol. The van der Waals surface area contributed by atoms with Gasteiger partial charge in [-0.2, -0.15) is 0 Å². The fraction of sp³-hybridized carbons (Fsp3) is 0.125. The Hall–Kier alpha value is -3.02. The highest BCUT2D eigenvalue weighted by Crippen LogP contribution is 2.38. The molecule has 2 aromatic heterocycles. The second-order valence-electron chi connectivity index (χ2n) is 7.37. The van der Waals surface area contributed by atoms with Crippen LogP contribution in [0.25, 0.3) is 5.69 Å². The number of amides is 2. The standard InChI is InChI=1S/C24H20ClN3OS/c1-16-10-11-18(25)14-19(16)26-24(29)28-15-17-6-2-3-7-20(17)27-12-4-8-21(27)23(28)22-9-5-13-30-22/h2-14,23H,15H2,1H3,(H,26,29)/t23-/m0/s1. The average Bonchev–Trinajstić information content (AvgIpc) is 3.42. The Labute approximate surface area is 184 Å². The van der Waals surface area contributed by atoms with Crippen LogP contribution in [0.2, 0.25) is 5.02 Å². The molecule has 1 aliphatic rings. The lowest BCUT2D eigenvalue weighted by Crippen LogP contribution is -2.37. The third kappa shape index (κ3) is 3.30. The number of nitrogens with zero attached hydrogens (tertiary/aromatic N) is 2. The molecule has 6 heteroatoms. The number of benzene rings is 2. The van der Waals surface area contributed by atoms with Crippen molar-refractivity contribution < 1.29 is 4.79 Å². The van der Waals surface area contributed by atoms with Gasteiger partial charge in [-0.25, -0.2) is 4.79 Å². The smallest absolute Gasteiger partial charge is 0.318 e. The second kappa shape index (κ2) is 7.67. The number of fused-ring (bicyclic) bond motifs is 3. The number of rotatable bonds is 2. The van der Waals surface area contributed by atoms with E-state index in [4.69, 9.17) is 11.6 Å². The minimum absolute atomic E-state index is 0.150. The van der Waals surface area contributed by atoms with Crippen LogP contribution in [0.5, 0.6) is 0 Å². The van der Waals surface area contributed by atoms with Gasteiger partial charge >= 0.3 is 6.03 Å². The Morgan fingerprint density at radius 1 is 1.10 bits per heavy atom. The Morgan fingerprint density at radius 3 is 2.80 bits per heavy atom. The largest absolute Gasteiger partial charge is 0.323 e. The van der Waals surface area contributed by atoms with Crippen LogP contribution in [0.3, 0.4) is 0 Å². The molecule has 0 saturated carbocycles. The van der Waals surface area contributed by atoms with E-state index in [1.807, 2.05) is 48.2 Å². The zero-order valence-corrected chi connectivity index (χ0v) is 18.0. The van der Waals surface area contributed by atoms with Crippen molar-refractivity contribution in [3.8, 4) is 5.69 Å². The first-order valence-corrected chi connectivity index (χ1v) is 11.0. The number of carbonyl (C=O) groups is 1. The summed E-state index contributed by atoms with van der Waals surface area (Å²) >= 11 is 7.84. The number of carbonyl (C=O) groups excluding carboxylic acids is 1. The van der Waals surface area contributed by atoms with Gasteiger partial charge in [0.05, 0.1) is 17.9 Å². The maximum Gasteiger partial charge on any atom is 0.323 e. The molecule has 0 saturated heterocycles. The normalized spacial score (nSPS) is 15.3. The highest BCUT2D eigenvalue weighted by molar-refractivity contribution is 7.10. The molecule has 4 nitrogen and oxygen atoms in total. The van der Waals surface area contributed by atoms with Gasteiger partial charge in [0.2, 0.25) is 0 Å². The molecule has 1 atom stereocenters. The summed E-state index contributed by atoms with van der Waals surface area (Å²) in [5, 5.41) is 5.74. The number of halogens is 1. The van der Waals surface area contributed by atoms with Gasteiger partial charge in [-0.05, 0) is 59.8 Å². The van der Waals surface area contributed by atoms with Crippen molar-refractivity contribution in [2.24, 2.45) is 0 Å². The van der Waals surface area contributed by atoms with Crippen LogP contribution in [-0.4, -0.2) is 15.5 Å². The van der Waals surface area contributed by atoms with E-state index in [2.05, 4.69) is 45.7 Å². The molecule has 0 fully saturated rings. The van der Waals surface area contributed by atoms with E-state index in [0.29, 0.717) is 11.6 Å². The lowest BCUT2D eigenvalue weighted by molar-refractivity contribution is 0.195. The number of para-hydroxylation sites is 1. The van der Waals surface area contributed by atoms with Crippen LogP contribution in [0, 0.1) is 6.92 Å². The Bertz CT molecular complexity index is 1210. The van der Waals surface area contributed by atoms with Gasteiger partial charge < -0.3 is 14.8 Å². The number of thiophene rings is 1. The Morgan fingerprint density at radius 2 is 1.97 bits per heavy atom. The van der Waals surface area contributed by atoms with Gasteiger partial charge in [-0.3, -0.25) is 0 Å². The van der Waals surface area contributed by atoms with E-state index in [-0.39, 0.29) is 12.1 Å². The van der Waals surface area contributed by atoms with Crippen LogP contribution in [0.15, 0.2) is 78.3 Å². The molecule has 0 bridgehead atoms. The lowest BCUT2D eigenvalue weighted by atomic mass is 10.1. The van der Waals surface area contributed by atoms with E-state index in [1.165, 1.54) is 0 Å². The molecule has 2 aromatic carbocycles. The van der Waals surface area contributed by atoms with Crippen LogP contribution >= 0.6 is 22.9 Å². The number of aromatic nitrogens is 1. The maximum atomic E-state index is 13.6. The second-order valence-corrected chi connectivity index (χ2v) is 8.78. The first-order valence-electron chi connectivity index (χ1n) is 9.74. The fourth-order valence-electron chi connectivity index (χ4n) is 4.00. The van der Waals surface area contributed by atoms with E-state index >= 15 is 0 Å². The lowest BCUT2D eigenvalue weighted by Gasteiger charge is -2.30. The number of hydrogen-bond acceptors (Lipinski definition) is 2. The summed E-state index contributed by atoms with van der Waals surface area (Å²) < 4.78 is 2.19. The van der Waals surface area contributed by atoms with Crippen LogP contribution in [0.4, 0.5) is 10.5 Å². The first-order chi connectivity index (χ1) is 14.6. The zero-order valence-electron chi connectivity index (χ0n) is 16.4. The van der Waals surface area contributed by atoms with Crippen molar-refractivity contribution in [1.82, 2.24) is 9.47 Å². The topological polar surface area (TPSA) is 37.3 Å². The molecular weight excluding hydrogens is 414 g/mol. The van der Waals surface area contributed by atoms with Gasteiger partial charge in [0, 0.05) is 21.8 Å². The summed E-state index contributed by atoms with van der Waals surface area (Å²) in [5.41, 5.74) is 4.98. The molecule has 4 aromatic rings. The number of aryl methyl sites for hydroxylation is 1. The monoisotopic (exact) mass is 433 g/mol. The number of urea groups is 1. The van der Waals surface area contributed by atoms with Gasteiger partial charge in [-0.15, -0.1) is 11.3 Å². The summed E-state index contributed by atoms with van der Waals surface area (Å²) in [6, 6.07) is 21.7. The van der Waals surface area contributed by atoms with E-state index < -0.39 is 0 Å². The predicted molar refractivity (Wildman–Crippen MR) is 123 cm³/mol. The molecule has 1 N–H and O–H groups in total. The summed E-state index contributed by atoms with van der Waals surface area (Å²) in [4.78, 5) is 16.6. The Balaban J connectivity index is 1.62. The van der Waals surface area contributed by atoms with Crippen molar-refractivity contribution in [1.29, 1.82) is 0 Å². The van der Waals surface area contributed by atoms with E-state index in [1.54, 1.807) is 17.4 Å². The van der Waals surface area contributed by atoms with E-state index in [9.17, 15) is 4.79 Å². The molecule has 3 heterocycles. The third-order valence-electron chi connectivity index (χ3n) is 5.48. The SMILES string of the molecule is Cc1ccc(Cl)cc1NC(=O)N1Cc2ccccc2-n2cccc2[C@H]1c1cccs1. The van der Waals surface area contributed by atoms with Crippen molar-refractivity contribution in [3.63, 3.8) is 0 Å². The minimum atomic E-state index is -0.188. The van der Waals surface area contributed by atoms with Crippen LogP contribution in [-0.2, 0) is 6.54 Å². The van der Waals surface area contributed by atoms with Crippen molar-refractivity contribution in [2.45, 2.75) is 19.5 Å². The molecule has 5 rings (SSSR count). The summed E-state index contributed by atoms with van der Waals surface area (Å²) in [5.74, 6) is 0. The third-order valence-corrected chi connectivity index (χ3v) is 6.64. The number of nitrogens with one attached hydrogen (secondary N) is 1. The molecule has 0 spiro atoms. The Kier molecular flexibility index (Phi) is 4.85. The van der Waals surface area contributed by atoms with Crippen molar-refractivity contribution in [2.75, 3.05) is 5.32 Å². The van der Waals surface area contributed by atoms with Crippen molar-refractivity contribution in [3.05, 3.63) is 105 Å². The summed E-state index contributed by atoms with van der Waals surface area (Å²) in [7, 11) is 0. The predicted octanol–water partition coefficient (Wildman–Crippen LogP) is 6.64. The van der Waals surface area contributed by atoms with Crippen LogP contribution < -0.4 is 5.32 Å². The fourth-order valence-corrected chi connectivity index (χ4v) is 5.02. The maximum absolute atomic E-state index is 13.6. The molecule has 0 radical (unpaired) electrons. The van der Waals surface area contributed by atoms with E-state index in [0.717, 1.165) is 33.1 Å². The minimum Gasteiger partial charge on any atom is -0.318 e. The molecule has 0 aliphatic carbocycles. The molecular formula is C24H20ClN3OS. The summed E-state index contributed by atoms with van der Waals surface area (Å²) in [6.07, 6.45) is 2.07. The molecule has 2 amide bonds. The van der Waals surface area contributed by atoms with Gasteiger partial charge in [0.1, 0.15) is 6.04 Å². The first kappa shape index (κ1) is 19.0. The quantitative estimate of drug-likeness (QED) is 0.378. The number of hydrogen-bond donors (Lipinski definition) is 1. The summed E-state index contributed by atoms with van der Waals surface area (Å²) in [6.45, 7) is 2.47. The molecule has 150 valence electrons. The van der Waals surface area contributed by atoms with Crippen molar-refractivity contribution >= 4 is 34.7 Å². The molecule has 1 aliphatic heterocycles. The van der Waals surface area contributed by atoms with Gasteiger partial charge in [0.15, 0.2) is 0 Å². The van der Waals surface area contributed by atoms with Gasteiger partial charge in [0.25, 0.3) is 0 Å². The molecule has 0 unspecified atom stereocenters.